The molecule has 0 spiro atoms. The van der Waals surface area contributed by atoms with Crippen molar-refractivity contribution in [3.63, 3.8) is 0 Å². The van der Waals surface area contributed by atoms with Gasteiger partial charge in [0.05, 0.1) is 7.11 Å². The minimum Gasteiger partial charge on any atom is -0.497 e. The number of ether oxygens (including phenoxy) is 1. The van der Waals surface area contributed by atoms with Crippen LogP contribution in [0, 0.1) is 0 Å². The van der Waals surface area contributed by atoms with Crippen molar-refractivity contribution in [2.24, 2.45) is 0 Å². The summed E-state index contributed by atoms with van der Waals surface area (Å²) in [6.07, 6.45) is 2.00. The first-order chi connectivity index (χ1) is 9.60. The third-order valence-corrected chi connectivity index (χ3v) is 4.13. The van der Waals surface area contributed by atoms with Crippen LogP contribution >= 0.6 is 23.2 Å². The lowest BCUT2D eigenvalue weighted by Crippen LogP contribution is -1.97. The first kappa shape index (κ1) is 15.2. The molecule has 2 aromatic rings. The molecule has 0 N–H and O–H groups in total. The fraction of sp³-hybridized carbons (Fsp3) is 0.294. The van der Waals surface area contributed by atoms with Crippen LogP contribution in [-0.4, -0.2) is 7.11 Å². The molecule has 0 radical (unpaired) electrons. The SMILES string of the molecule is COc1ccc(C(C)CCc2ccc(Cl)cc2Cl)cc1. The van der Waals surface area contributed by atoms with Gasteiger partial charge >= 0.3 is 0 Å². The standard InChI is InChI=1S/C17H18Cl2O/c1-12(13-6-9-16(20-2)10-7-13)3-4-14-5-8-15(18)11-17(14)19/h5-12H,3-4H2,1-2H3. The Kier molecular flexibility index (Phi) is 5.33. The van der Waals surface area contributed by atoms with E-state index in [1.165, 1.54) is 5.56 Å². The summed E-state index contributed by atoms with van der Waals surface area (Å²) < 4.78 is 5.18. The molecule has 0 heterocycles. The Balaban J connectivity index is 1.98. The number of hydrogen-bond donors (Lipinski definition) is 0. The van der Waals surface area contributed by atoms with Crippen molar-refractivity contribution in [1.82, 2.24) is 0 Å². The second-order valence-corrected chi connectivity index (χ2v) is 5.79. The predicted octanol–water partition coefficient (Wildman–Crippen LogP) is 5.74. The van der Waals surface area contributed by atoms with Crippen LogP contribution in [0.4, 0.5) is 0 Å². The van der Waals surface area contributed by atoms with E-state index in [9.17, 15) is 0 Å². The molecule has 0 saturated carbocycles. The fourth-order valence-electron chi connectivity index (χ4n) is 2.20. The zero-order valence-corrected chi connectivity index (χ0v) is 13.2. The molecule has 0 amide bonds. The topological polar surface area (TPSA) is 9.23 Å². The Bertz CT molecular complexity index is 564. The molecule has 0 aromatic heterocycles. The summed E-state index contributed by atoms with van der Waals surface area (Å²) in [7, 11) is 1.68. The van der Waals surface area contributed by atoms with Gasteiger partial charge in [-0.1, -0.05) is 48.3 Å². The van der Waals surface area contributed by atoms with Crippen LogP contribution in [0.5, 0.6) is 5.75 Å². The highest BCUT2D eigenvalue weighted by molar-refractivity contribution is 6.35. The van der Waals surface area contributed by atoms with Crippen LogP contribution in [0.3, 0.4) is 0 Å². The highest BCUT2D eigenvalue weighted by Gasteiger charge is 2.08. The molecular formula is C17H18Cl2O. The molecule has 2 rings (SSSR count). The predicted molar refractivity (Wildman–Crippen MR) is 86.2 cm³/mol. The minimum absolute atomic E-state index is 0.479. The monoisotopic (exact) mass is 308 g/mol. The van der Waals surface area contributed by atoms with Gasteiger partial charge in [0.2, 0.25) is 0 Å². The van der Waals surface area contributed by atoms with Gasteiger partial charge in [-0.25, -0.2) is 0 Å². The lowest BCUT2D eigenvalue weighted by Gasteiger charge is -2.13. The molecule has 0 aliphatic rings. The number of aryl methyl sites for hydroxylation is 1. The summed E-state index contributed by atoms with van der Waals surface area (Å²) >= 11 is 12.1. The molecule has 0 aliphatic carbocycles. The van der Waals surface area contributed by atoms with Gasteiger partial charge in [-0.3, -0.25) is 0 Å². The van der Waals surface area contributed by atoms with Crippen molar-refractivity contribution in [2.75, 3.05) is 7.11 Å². The zero-order chi connectivity index (χ0) is 14.5. The van der Waals surface area contributed by atoms with Gasteiger partial charge in [0.1, 0.15) is 5.75 Å². The molecular weight excluding hydrogens is 291 g/mol. The lowest BCUT2D eigenvalue weighted by atomic mass is 9.94. The number of rotatable bonds is 5. The third kappa shape index (κ3) is 3.91. The first-order valence-electron chi connectivity index (χ1n) is 6.68. The Morgan fingerprint density at radius 1 is 1.05 bits per heavy atom. The summed E-state index contributed by atoms with van der Waals surface area (Å²) in [5.74, 6) is 1.37. The summed E-state index contributed by atoms with van der Waals surface area (Å²) in [5, 5.41) is 1.43. The van der Waals surface area contributed by atoms with Gasteiger partial charge < -0.3 is 4.74 Å². The van der Waals surface area contributed by atoms with Crippen molar-refractivity contribution < 1.29 is 4.74 Å². The quantitative estimate of drug-likeness (QED) is 0.684. The van der Waals surface area contributed by atoms with Gasteiger partial charge in [-0.15, -0.1) is 0 Å². The van der Waals surface area contributed by atoms with E-state index in [1.54, 1.807) is 13.2 Å². The van der Waals surface area contributed by atoms with Crippen molar-refractivity contribution in [2.45, 2.75) is 25.7 Å². The average molecular weight is 309 g/mol. The van der Waals surface area contributed by atoms with Crippen LogP contribution in [0.15, 0.2) is 42.5 Å². The Labute approximate surface area is 130 Å². The number of benzene rings is 2. The van der Waals surface area contributed by atoms with Crippen molar-refractivity contribution in [1.29, 1.82) is 0 Å². The second kappa shape index (κ2) is 7.01. The van der Waals surface area contributed by atoms with E-state index in [-0.39, 0.29) is 0 Å². The van der Waals surface area contributed by atoms with Gasteiger partial charge in [-0.05, 0) is 54.2 Å². The van der Waals surface area contributed by atoms with Crippen LogP contribution in [0.1, 0.15) is 30.4 Å². The van der Waals surface area contributed by atoms with Gasteiger partial charge in [0.25, 0.3) is 0 Å². The first-order valence-corrected chi connectivity index (χ1v) is 7.43. The molecule has 0 fully saturated rings. The van der Waals surface area contributed by atoms with E-state index < -0.39 is 0 Å². The molecule has 0 saturated heterocycles. The Morgan fingerprint density at radius 3 is 2.35 bits per heavy atom. The van der Waals surface area contributed by atoms with E-state index in [2.05, 4.69) is 19.1 Å². The third-order valence-electron chi connectivity index (χ3n) is 3.55. The summed E-state index contributed by atoms with van der Waals surface area (Å²) in [6, 6.07) is 13.9. The zero-order valence-electron chi connectivity index (χ0n) is 11.7. The molecule has 3 heteroatoms. The van der Waals surface area contributed by atoms with Gasteiger partial charge in [0.15, 0.2) is 0 Å². The van der Waals surface area contributed by atoms with E-state index >= 15 is 0 Å². The smallest absolute Gasteiger partial charge is 0.118 e. The van der Waals surface area contributed by atoms with E-state index in [0.29, 0.717) is 10.9 Å². The average Bonchev–Trinajstić information content (AvgIpc) is 2.46. The van der Waals surface area contributed by atoms with Crippen LogP contribution in [0.25, 0.3) is 0 Å². The maximum Gasteiger partial charge on any atom is 0.118 e. The van der Waals surface area contributed by atoms with E-state index in [0.717, 1.165) is 29.2 Å². The lowest BCUT2D eigenvalue weighted by molar-refractivity contribution is 0.414. The van der Waals surface area contributed by atoms with Gasteiger partial charge in [0, 0.05) is 10.0 Å². The Hall–Kier alpha value is -1.18. The molecule has 0 bridgehead atoms. The minimum atomic E-state index is 0.479. The molecule has 1 unspecified atom stereocenters. The highest BCUT2D eigenvalue weighted by Crippen LogP contribution is 2.27. The van der Waals surface area contributed by atoms with Crippen LogP contribution in [-0.2, 0) is 6.42 Å². The highest BCUT2D eigenvalue weighted by atomic mass is 35.5. The van der Waals surface area contributed by atoms with E-state index in [4.69, 9.17) is 27.9 Å². The molecule has 2 aromatic carbocycles. The van der Waals surface area contributed by atoms with E-state index in [1.807, 2.05) is 24.3 Å². The maximum absolute atomic E-state index is 6.20. The molecule has 0 aliphatic heterocycles. The molecule has 106 valence electrons. The van der Waals surface area contributed by atoms with Crippen molar-refractivity contribution in [3.8, 4) is 5.75 Å². The van der Waals surface area contributed by atoms with Crippen molar-refractivity contribution >= 4 is 23.2 Å². The Morgan fingerprint density at radius 2 is 1.75 bits per heavy atom. The second-order valence-electron chi connectivity index (χ2n) is 4.95. The number of hydrogen-bond acceptors (Lipinski definition) is 1. The van der Waals surface area contributed by atoms with Crippen LogP contribution in [0.2, 0.25) is 10.0 Å². The summed E-state index contributed by atoms with van der Waals surface area (Å²) in [4.78, 5) is 0. The summed E-state index contributed by atoms with van der Waals surface area (Å²) in [5.41, 5.74) is 2.47. The molecule has 1 atom stereocenters. The number of halogens is 2. The normalized spacial score (nSPS) is 12.2. The summed E-state index contributed by atoms with van der Waals surface area (Å²) in [6.45, 7) is 2.23. The largest absolute Gasteiger partial charge is 0.497 e. The van der Waals surface area contributed by atoms with Crippen molar-refractivity contribution in [3.05, 3.63) is 63.6 Å². The van der Waals surface area contributed by atoms with Gasteiger partial charge in [-0.2, -0.15) is 0 Å². The van der Waals surface area contributed by atoms with Crippen LogP contribution < -0.4 is 4.74 Å². The maximum atomic E-state index is 6.20. The fourth-order valence-corrected chi connectivity index (χ4v) is 2.70. The molecule has 1 nitrogen and oxygen atoms in total. The number of methoxy groups -OCH3 is 1. The molecule has 20 heavy (non-hydrogen) atoms.